The molecule has 3 aromatic rings. The van der Waals surface area contributed by atoms with E-state index in [0.717, 1.165) is 31.7 Å². The van der Waals surface area contributed by atoms with Crippen LogP contribution in [0.1, 0.15) is 98.7 Å². The van der Waals surface area contributed by atoms with E-state index in [1.165, 1.54) is 4.80 Å². The quantitative estimate of drug-likeness (QED) is 0.0478. The molecule has 3 aromatic heterocycles. The van der Waals surface area contributed by atoms with E-state index in [0.29, 0.717) is 23.6 Å². The van der Waals surface area contributed by atoms with Crippen molar-refractivity contribution in [2.75, 3.05) is 37.9 Å². The summed E-state index contributed by atoms with van der Waals surface area (Å²) in [6, 6.07) is 4.37. The zero-order valence-corrected chi connectivity index (χ0v) is 41.0. The number of amides is 1. The van der Waals surface area contributed by atoms with Crippen LogP contribution in [-0.4, -0.2) is 129 Å². The third-order valence-corrected chi connectivity index (χ3v) is 15.1. The van der Waals surface area contributed by atoms with Gasteiger partial charge >= 0.3 is 19.7 Å². The van der Waals surface area contributed by atoms with Crippen molar-refractivity contribution in [3.8, 4) is 0 Å². The molecule has 3 aliphatic rings. The summed E-state index contributed by atoms with van der Waals surface area (Å²) in [5.74, 6) is -1.78. The van der Waals surface area contributed by atoms with Crippen molar-refractivity contribution in [2.24, 2.45) is 0 Å². The Morgan fingerprint density at radius 3 is 2.33 bits per heavy atom. The number of nitrogens with zero attached hydrogens (tertiary/aromatic N) is 8. The van der Waals surface area contributed by atoms with E-state index in [9.17, 15) is 9.59 Å². The van der Waals surface area contributed by atoms with Gasteiger partial charge in [-0.1, -0.05) is 32.5 Å². The zero-order chi connectivity index (χ0) is 46.0. The fraction of sp³-hybridized carbons (Fsp3) is 0.775. The van der Waals surface area contributed by atoms with Gasteiger partial charge in [-0.2, -0.15) is 4.98 Å². The standard InChI is InChI=1S/C40H64ClN8O12PSi/c1-12-54-35(50)40(62(52,56-13-2)57-14-3,23-30-43-46-47(44-30)25-53-21-22-63(9,10)11)55-24-29-32-33(60-39(7,8)59-32)31(58-29)27-19-20-28-34(42-36(41)45-49(27)28)48(26-17-15-16-18-26)37(51)61-38(4,5)6/h19-20,26,29,31-33H,12-18,21-25H2,1-11H3/t29-,31-,32-,33+,40+/m1/s1. The number of hydrogen-bond acceptors (Lipinski definition) is 17. The third kappa shape index (κ3) is 11.3. The number of tetrazole rings is 1. The number of anilines is 1. The van der Waals surface area contributed by atoms with Crippen molar-refractivity contribution in [1.29, 1.82) is 0 Å². The van der Waals surface area contributed by atoms with Gasteiger partial charge in [0, 0.05) is 20.7 Å². The van der Waals surface area contributed by atoms with E-state index >= 15 is 4.57 Å². The van der Waals surface area contributed by atoms with E-state index < -0.39 is 75.3 Å². The number of carbonyl (C=O) groups is 2. The van der Waals surface area contributed by atoms with Crippen molar-refractivity contribution < 1.29 is 56.4 Å². The first-order valence-electron chi connectivity index (χ1n) is 21.8. The smallest absolute Gasteiger partial charge is 0.416 e. The molecular weight excluding hydrogens is 879 g/mol. The molecule has 23 heteroatoms. The lowest BCUT2D eigenvalue weighted by molar-refractivity contribution is -0.200. The molecule has 2 aliphatic heterocycles. The molecule has 0 N–H and O–H groups in total. The summed E-state index contributed by atoms with van der Waals surface area (Å²) in [5, 5.41) is 14.8. The molecule has 20 nitrogen and oxygen atoms in total. The molecule has 1 saturated carbocycles. The summed E-state index contributed by atoms with van der Waals surface area (Å²) in [4.78, 5) is 35.5. The highest BCUT2D eigenvalue weighted by atomic mass is 35.5. The molecule has 1 amide bonds. The molecule has 2 saturated heterocycles. The van der Waals surface area contributed by atoms with Gasteiger partial charge in [-0.15, -0.1) is 20.1 Å². The van der Waals surface area contributed by atoms with Crippen molar-refractivity contribution in [2.45, 2.75) is 167 Å². The first-order chi connectivity index (χ1) is 29.6. The van der Waals surface area contributed by atoms with Crippen molar-refractivity contribution in [1.82, 2.24) is 34.8 Å². The fourth-order valence-electron chi connectivity index (χ4n) is 7.96. The Kier molecular flexibility index (Phi) is 15.5. The van der Waals surface area contributed by atoms with Crippen LogP contribution in [0.15, 0.2) is 12.1 Å². The predicted octanol–water partition coefficient (Wildman–Crippen LogP) is 7.11. The number of hydrogen-bond donors (Lipinski definition) is 0. The lowest BCUT2D eigenvalue weighted by Gasteiger charge is -2.36. The monoisotopic (exact) mass is 942 g/mol. The van der Waals surface area contributed by atoms with Gasteiger partial charge in [-0.25, -0.2) is 14.1 Å². The molecule has 0 aromatic carbocycles. The summed E-state index contributed by atoms with van der Waals surface area (Å²) < 4.78 is 71.7. The SMILES string of the molecule is CCOC(=O)[C@@](Cc1nnn(COCC[Si](C)(C)C)n1)(OC[C@H]1O[C@H](c2ccc3c(N(C(=O)OC(C)(C)C)C4CCCC4)nc(Cl)nn23)[C@@H]2OC(C)(C)O[C@@H]21)P(=O)(OCC)OCC. The second kappa shape index (κ2) is 19.8. The van der Waals surface area contributed by atoms with Crippen LogP contribution in [0.25, 0.3) is 5.52 Å². The number of esters is 1. The van der Waals surface area contributed by atoms with E-state index in [-0.39, 0.29) is 50.3 Å². The van der Waals surface area contributed by atoms with Crippen LogP contribution in [0.5, 0.6) is 0 Å². The first kappa shape index (κ1) is 49.3. The summed E-state index contributed by atoms with van der Waals surface area (Å²) >= 11 is 6.64. The molecule has 6 rings (SSSR count). The molecule has 3 fully saturated rings. The van der Waals surface area contributed by atoms with Gasteiger partial charge in [0.05, 0.1) is 38.5 Å². The highest BCUT2D eigenvalue weighted by molar-refractivity contribution is 7.56. The Morgan fingerprint density at radius 2 is 1.70 bits per heavy atom. The van der Waals surface area contributed by atoms with Crippen LogP contribution in [0, 0.1) is 0 Å². The van der Waals surface area contributed by atoms with E-state index in [2.05, 4.69) is 45.1 Å². The number of fused-ring (bicyclic) bond motifs is 2. The molecule has 352 valence electrons. The van der Waals surface area contributed by atoms with Gasteiger partial charge in [0.1, 0.15) is 35.5 Å². The van der Waals surface area contributed by atoms with Crippen molar-refractivity contribution in [3.63, 3.8) is 0 Å². The summed E-state index contributed by atoms with van der Waals surface area (Å²) in [5.41, 5.74) is 0.248. The predicted molar refractivity (Wildman–Crippen MR) is 232 cm³/mol. The molecule has 0 bridgehead atoms. The van der Waals surface area contributed by atoms with Crippen LogP contribution >= 0.6 is 19.2 Å². The van der Waals surface area contributed by atoms with Crippen LogP contribution in [0.3, 0.4) is 0 Å². The lowest BCUT2D eigenvalue weighted by Crippen LogP contribution is -2.48. The largest absolute Gasteiger partial charge is 0.463 e. The minimum atomic E-state index is -4.55. The highest BCUT2D eigenvalue weighted by Gasteiger charge is 2.63. The Balaban J connectivity index is 1.35. The molecule has 0 spiro atoms. The lowest BCUT2D eigenvalue weighted by atomic mass is 10.1. The molecule has 1 aliphatic carbocycles. The maximum Gasteiger partial charge on any atom is 0.416 e. The van der Waals surface area contributed by atoms with Gasteiger partial charge < -0.3 is 42.2 Å². The van der Waals surface area contributed by atoms with Gasteiger partial charge in [-0.3, -0.25) is 9.46 Å². The number of rotatable bonds is 20. The molecular formula is C40H64ClN8O12PSi. The summed E-state index contributed by atoms with van der Waals surface area (Å²) in [6.45, 7) is 20.5. The van der Waals surface area contributed by atoms with Gasteiger partial charge in [-0.05, 0) is 103 Å². The van der Waals surface area contributed by atoms with E-state index in [1.54, 1.807) is 56.2 Å². The maximum atomic E-state index is 15.0. The fourth-order valence-corrected chi connectivity index (χ4v) is 10.9. The third-order valence-electron chi connectivity index (χ3n) is 10.7. The molecule has 5 atom stereocenters. The first-order valence-corrected chi connectivity index (χ1v) is 27.4. The number of ether oxygens (including phenoxy) is 7. The van der Waals surface area contributed by atoms with Crippen LogP contribution < -0.4 is 4.90 Å². The van der Waals surface area contributed by atoms with Crippen molar-refractivity contribution >= 4 is 50.7 Å². The van der Waals surface area contributed by atoms with Gasteiger partial charge in [0.15, 0.2) is 24.2 Å². The Bertz CT molecular complexity index is 2100. The van der Waals surface area contributed by atoms with Gasteiger partial charge in [0.2, 0.25) is 5.28 Å². The average Bonchev–Trinajstić information content (AvgIpc) is 4.02. The van der Waals surface area contributed by atoms with Gasteiger partial charge in [0.25, 0.3) is 5.34 Å². The summed E-state index contributed by atoms with van der Waals surface area (Å²) in [6.07, 6.45) is -0.877. The molecule has 5 heterocycles. The van der Waals surface area contributed by atoms with Crippen LogP contribution in [0.2, 0.25) is 31.0 Å². The second-order valence-electron chi connectivity index (χ2n) is 18.5. The second-order valence-corrected chi connectivity index (χ2v) is 26.7. The zero-order valence-electron chi connectivity index (χ0n) is 38.3. The van der Waals surface area contributed by atoms with Crippen LogP contribution in [-0.2, 0) is 64.7 Å². The van der Waals surface area contributed by atoms with E-state index in [1.807, 2.05) is 20.8 Å². The number of halogens is 1. The highest BCUT2D eigenvalue weighted by Crippen LogP contribution is 2.62. The number of aromatic nitrogens is 7. The molecule has 0 unspecified atom stereocenters. The van der Waals surface area contributed by atoms with Crippen molar-refractivity contribution in [3.05, 3.63) is 28.9 Å². The Labute approximate surface area is 374 Å². The Morgan fingerprint density at radius 1 is 1.02 bits per heavy atom. The topological polar surface area (TPSA) is 211 Å². The number of carbonyl (C=O) groups excluding carboxylic acids is 2. The van der Waals surface area contributed by atoms with Crippen LogP contribution in [0.4, 0.5) is 10.6 Å². The molecule has 0 radical (unpaired) electrons. The molecule has 63 heavy (non-hydrogen) atoms. The summed E-state index contributed by atoms with van der Waals surface area (Å²) in [7, 11) is -5.90. The Hall–Kier alpha value is -3.11. The maximum absolute atomic E-state index is 15.0. The normalized spacial score (nSPS) is 22.7. The minimum Gasteiger partial charge on any atom is -0.463 e. The minimum absolute atomic E-state index is 0.00575. The van der Waals surface area contributed by atoms with E-state index in [4.69, 9.17) is 53.8 Å². The average molecular weight is 944 g/mol.